The Hall–Kier alpha value is -1.00. The molecule has 1 N–H and O–H groups in total. The fraction of sp³-hybridized carbons (Fsp3) is 0.625. The van der Waals surface area contributed by atoms with E-state index < -0.39 is 0 Å². The average Bonchev–Trinajstić information content (AvgIpc) is 2.39. The number of hydrogen-bond acceptors (Lipinski definition) is 2. The Labute approximate surface area is 119 Å². The maximum atomic E-state index is 13.6. The van der Waals surface area contributed by atoms with Gasteiger partial charge >= 0.3 is 0 Å². The highest BCUT2D eigenvalue weighted by atomic mass is 19.1. The molecule has 0 aliphatic heterocycles. The standard InChI is InChI=1S/C16H23F2NO/c1-3-20-15-7-11(8-15)6-14(19-2)10-12-9-13(17)4-5-16(12)18/h4-5,9,11,14-15,19H,3,6-8,10H2,1-2H3. The molecule has 1 fully saturated rings. The monoisotopic (exact) mass is 283 g/mol. The number of hydrogen-bond donors (Lipinski definition) is 1. The summed E-state index contributed by atoms with van der Waals surface area (Å²) in [5.41, 5.74) is 0.449. The van der Waals surface area contributed by atoms with Crippen LogP contribution in [-0.4, -0.2) is 25.8 Å². The third kappa shape index (κ3) is 4.00. The normalized spacial score (nSPS) is 23.4. The van der Waals surface area contributed by atoms with Crippen LogP contribution < -0.4 is 5.32 Å². The van der Waals surface area contributed by atoms with Crippen molar-refractivity contribution in [3.05, 3.63) is 35.4 Å². The molecule has 1 aliphatic carbocycles. The van der Waals surface area contributed by atoms with Crippen molar-refractivity contribution in [2.75, 3.05) is 13.7 Å². The Morgan fingerprint density at radius 2 is 2.10 bits per heavy atom. The van der Waals surface area contributed by atoms with Gasteiger partial charge in [0.05, 0.1) is 6.10 Å². The van der Waals surface area contributed by atoms with E-state index in [4.69, 9.17) is 4.74 Å². The predicted octanol–water partition coefficient (Wildman–Crippen LogP) is 3.30. The molecule has 0 heterocycles. The SMILES string of the molecule is CCOC1CC(CC(Cc2cc(F)ccc2F)NC)C1. The molecule has 2 nitrogen and oxygen atoms in total. The summed E-state index contributed by atoms with van der Waals surface area (Å²) in [5.74, 6) is -0.0793. The zero-order valence-corrected chi connectivity index (χ0v) is 12.2. The Morgan fingerprint density at radius 1 is 1.35 bits per heavy atom. The van der Waals surface area contributed by atoms with Crippen molar-refractivity contribution in [3.8, 4) is 0 Å². The van der Waals surface area contributed by atoms with Crippen molar-refractivity contribution >= 4 is 0 Å². The molecule has 0 spiro atoms. The van der Waals surface area contributed by atoms with Gasteiger partial charge in [-0.25, -0.2) is 8.78 Å². The van der Waals surface area contributed by atoms with Crippen LogP contribution in [-0.2, 0) is 11.2 Å². The summed E-state index contributed by atoms with van der Waals surface area (Å²) in [6, 6.07) is 3.83. The molecule has 0 amide bonds. The Morgan fingerprint density at radius 3 is 2.75 bits per heavy atom. The highest BCUT2D eigenvalue weighted by molar-refractivity contribution is 5.19. The van der Waals surface area contributed by atoms with Crippen LogP contribution in [0.25, 0.3) is 0 Å². The molecule has 1 aromatic carbocycles. The Kier molecular flexibility index (Phi) is 5.49. The largest absolute Gasteiger partial charge is 0.378 e. The highest BCUT2D eigenvalue weighted by Gasteiger charge is 2.31. The van der Waals surface area contributed by atoms with Gasteiger partial charge in [0, 0.05) is 12.6 Å². The summed E-state index contributed by atoms with van der Waals surface area (Å²) < 4.78 is 32.4. The van der Waals surface area contributed by atoms with Crippen LogP contribution in [0.3, 0.4) is 0 Å². The second-order valence-corrected chi connectivity index (χ2v) is 5.58. The third-order valence-electron chi connectivity index (χ3n) is 4.09. The van der Waals surface area contributed by atoms with Crippen LogP contribution >= 0.6 is 0 Å². The van der Waals surface area contributed by atoms with E-state index in [0.29, 0.717) is 24.0 Å². The van der Waals surface area contributed by atoms with E-state index in [9.17, 15) is 8.78 Å². The van der Waals surface area contributed by atoms with Crippen molar-refractivity contribution in [3.63, 3.8) is 0 Å². The molecule has 1 atom stereocenters. The lowest BCUT2D eigenvalue weighted by Gasteiger charge is -2.37. The van der Waals surface area contributed by atoms with Gasteiger partial charge in [0.1, 0.15) is 11.6 Å². The van der Waals surface area contributed by atoms with Crippen LogP contribution in [0.1, 0.15) is 31.7 Å². The van der Waals surface area contributed by atoms with E-state index in [1.165, 1.54) is 12.1 Å². The Balaban J connectivity index is 1.85. The fourth-order valence-electron chi connectivity index (χ4n) is 2.91. The van der Waals surface area contributed by atoms with Crippen molar-refractivity contribution in [1.82, 2.24) is 5.32 Å². The highest BCUT2D eigenvalue weighted by Crippen LogP contribution is 2.34. The number of ether oxygens (including phenoxy) is 1. The van der Waals surface area contributed by atoms with E-state index >= 15 is 0 Å². The van der Waals surface area contributed by atoms with Crippen LogP contribution in [0, 0.1) is 17.6 Å². The second-order valence-electron chi connectivity index (χ2n) is 5.58. The van der Waals surface area contributed by atoms with Gasteiger partial charge in [-0.2, -0.15) is 0 Å². The minimum atomic E-state index is -0.378. The molecule has 20 heavy (non-hydrogen) atoms. The van der Waals surface area contributed by atoms with Gasteiger partial charge in [-0.05, 0) is 69.3 Å². The summed E-state index contributed by atoms with van der Waals surface area (Å²) in [6.45, 7) is 2.78. The molecule has 0 aromatic heterocycles. The lowest BCUT2D eigenvalue weighted by molar-refractivity contribution is -0.0288. The van der Waals surface area contributed by atoms with Crippen molar-refractivity contribution in [2.24, 2.45) is 5.92 Å². The van der Waals surface area contributed by atoms with E-state index in [1.54, 1.807) is 0 Å². The van der Waals surface area contributed by atoms with Crippen LogP contribution in [0.2, 0.25) is 0 Å². The molecular weight excluding hydrogens is 260 g/mol. The molecule has 1 aromatic rings. The lowest BCUT2D eigenvalue weighted by atomic mass is 9.77. The molecular formula is C16H23F2NO. The van der Waals surface area contributed by atoms with Gasteiger partial charge in [0.15, 0.2) is 0 Å². The molecule has 0 bridgehead atoms. The van der Waals surface area contributed by atoms with E-state index in [-0.39, 0.29) is 17.7 Å². The van der Waals surface area contributed by atoms with Crippen molar-refractivity contribution in [1.29, 1.82) is 0 Å². The smallest absolute Gasteiger partial charge is 0.126 e. The molecule has 0 saturated heterocycles. The second kappa shape index (κ2) is 7.14. The van der Waals surface area contributed by atoms with Crippen LogP contribution in [0.4, 0.5) is 8.78 Å². The van der Waals surface area contributed by atoms with Gasteiger partial charge < -0.3 is 10.1 Å². The quantitative estimate of drug-likeness (QED) is 0.829. The van der Waals surface area contributed by atoms with Gasteiger partial charge in [0.25, 0.3) is 0 Å². The fourth-order valence-corrected chi connectivity index (χ4v) is 2.91. The molecule has 4 heteroatoms. The van der Waals surface area contributed by atoms with Crippen molar-refractivity contribution in [2.45, 2.75) is 44.8 Å². The summed E-state index contributed by atoms with van der Waals surface area (Å²) in [6.07, 6.45) is 4.06. The number of nitrogens with one attached hydrogen (secondary N) is 1. The summed E-state index contributed by atoms with van der Waals surface area (Å²) in [7, 11) is 1.88. The zero-order valence-electron chi connectivity index (χ0n) is 12.2. The predicted molar refractivity (Wildman–Crippen MR) is 75.7 cm³/mol. The van der Waals surface area contributed by atoms with Crippen LogP contribution in [0.15, 0.2) is 18.2 Å². The first-order valence-corrected chi connectivity index (χ1v) is 7.35. The van der Waals surface area contributed by atoms with Gasteiger partial charge in [-0.15, -0.1) is 0 Å². The molecule has 0 radical (unpaired) electrons. The molecule has 1 saturated carbocycles. The minimum absolute atomic E-state index is 0.180. The Bertz CT molecular complexity index is 432. The van der Waals surface area contributed by atoms with Crippen LogP contribution in [0.5, 0.6) is 0 Å². The van der Waals surface area contributed by atoms with Crippen molar-refractivity contribution < 1.29 is 13.5 Å². The van der Waals surface area contributed by atoms with Gasteiger partial charge in [-0.3, -0.25) is 0 Å². The number of likely N-dealkylation sites (N-methyl/N-ethyl adjacent to an activating group) is 1. The topological polar surface area (TPSA) is 21.3 Å². The average molecular weight is 283 g/mol. The van der Waals surface area contributed by atoms with Gasteiger partial charge in [-0.1, -0.05) is 0 Å². The number of rotatable bonds is 7. The lowest BCUT2D eigenvalue weighted by Crippen LogP contribution is -2.38. The maximum Gasteiger partial charge on any atom is 0.126 e. The van der Waals surface area contributed by atoms with E-state index in [0.717, 1.165) is 31.9 Å². The summed E-state index contributed by atoms with van der Waals surface area (Å²) in [5, 5.41) is 3.21. The first kappa shape index (κ1) is 15.4. The molecule has 1 aliphatic rings. The third-order valence-corrected chi connectivity index (χ3v) is 4.09. The summed E-state index contributed by atoms with van der Waals surface area (Å²) in [4.78, 5) is 0. The van der Waals surface area contributed by atoms with E-state index in [1.807, 2.05) is 14.0 Å². The number of halogens is 2. The number of benzene rings is 1. The molecule has 112 valence electrons. The molecule has 2 rings (SSSR count). The maximum absolute atomic E-state index is 13.6. The first-order valence-electron chi connectivity index (χ1n) is 7.35. The summed E-state index contributed by atoms with van der Waals surface area (Å²) >= 11 is 0. The van der Waals surface area contributed by atoms with E-state index in [2.05, 4.69) is 5.32 Å². The zero-order chi connectivity index (χ0) is 14.5. The first-order chi connectivity index (χ1) is 9.62. The molecule has 1 unspecified atom stereocenters. The minimum Gasteiger partial charge on any atom is -0.378 e. The van der Waals surface area contributed by atoms with Gasteiger partial charge in [0.2, 0.25) is 0 Å².